The Morgan fingerprint density at radius 2 is 2.28 bits per heavy atom. The van der Waals surface area contributed by atoms with Crippen LogP contribution in [0.25, 0.3) is 0 Å². The van der Waals surface area contributed by atoms with Crippen molar-refractivity contribution in [1.29, 1.82) is 0 Å². The fourth-order valence-electron chi connectivity index (χ4n) is 1.61. The maximum Gasteiger partial charge on any atom is 0.304 e. The lowest BCUT2D eigenvalue weighted by Gasteiger charge is -2.11. The number of nitro groups is 1. The Morgan fingerprint density at radius 3 is 2.83 bits per heavy atom. The predicted molar refractivity (Wildman–Crippen MR) is 72.3 cm³/mol. The predicted octanol–water partition coefficient (Wildman–Crippen LogP) is 2.82. The second kappa shape index (κ2) is 7.33. The quantitative estimate of drug-likeness (QED) is 0.612. The molecule has 0 aliphatic heterocycles. The summed E-state index contributed by atoms with van der Waals surface area (Å²) in [7, 11) is 0. The molecule has 1 unspecified atom stereocenters. The van der Waals surface area contributed by atoms with Gasteiger partial charge in [-0.1, -0.05) is 13.0 Å². The van der Waals surface area contributed by atoms with E-state index in [2.05, 4.69) is 18.5 Å². The molecule has 0 aliphatic rings. The minimum Gasteiger partial charge on any atom is -0.312 e. The van der Waals surface area contributed by atoms with Crippen molar-refractivity contribution < 1.29 is 9.31 Å². The van der Waals surface area contributed by atoms with Crippen molar-refractivity contribution in [3.63, 3.8) is 0 Å². The molecule has 100 valence electrons. The molecule has 6 heteroatoms. The number of nitro benzene ring substituents is 1. The zero-order chi connectivity index (χ0) is 13.5. The van der Waals surface area contributed by atoms with Crippen LogP contribution in [0.1, 0.15) is 12.5 Å². The van der Waals surface area contributed by atoms with E-state index in [1.807, 2.05) is 0 Å². The lowest BCUT2D eigenvalue weighted by molar-refractivity contribution is -0.387. The van der Waals surface area contributed by atoms with Gasteiger partial charge in [-0.3, -0.25) is 10.1 Å². The van der Waals surface area contributed by atoms with E-state index >= 15 is 0 Å². The maximum absolute atomic E-state index is 13.3. The highest BCUT2D eigenvalue weighted by molar-refractivity contribution is 7.98. The van der Waals surface area contributed by atoms with E-state index in [-0.39, 0.29) is 0 Å². The molecule has 0 fully saturated rings. The van der Waals surface area contributed by atoms with Gasteiger partial charge < -0.3 is 5.32 Å². The first kappa shape index (κ1) is 14.9. The van der Waals surface area contributed by atoms with Gasteiger partial charge in [0, 0.05) is 12.6 Å². The summed E-state index contributed by atoms with van der Waals surface area (Å²) in [5, 5.41) is 13.7. The number of hydrogen-bond acceptors (Lipinski definition) is 4. The van der Waals surface area contributed by atoms with Crippen molar-refractivity contribution >= 4 is 17.4 Å². The van der Waals surface area contributed by atoms with Crippen molar-refractivity contribution in [1.82, 2.24) is 5.32 Å². The SMILES string of the molecule is CSCC(C)CNCc1ccc([N+](=O)[O-])c(F)c1. The smallest absolute Gasteiger partial charge is 0.304 e. The third kappa shape index (κ3) is 4.62. The summed E-state index contributed by atoms with van der Waals surface area (Å²) < 4.78 is 13.3. The Labute approximate surface area is 110 Å². The molecule has 1 rings (SSSR count). The van der Waals surface area contributed by atoms with Gasteiger partial charge in [0.15, 0.2) is 0 Å². The number of hydrogen-bond donors (Lipinski definition) is 1. The Balaban J connectivity index is 2.49. The molecule has 18 heavy (non-hydrogen) atoms. The number of nitrogens with zero attached hydrogens (tertiary/aromatic N) is 1. The van der Waals surface area contributed by atoms with Gasteiger partial charge >= 0.3 is 5.69 Å². The van der Waals surface area contributed by atoms with Gasteiger partial charge in [0.1, 0.15) is 0 Å². The minimum atomic E-state index is -0.781. The van der Waals surface area contributed by atoms with Gasteiger partial charge in [-0.2, -0.15) is 16.2 Å². The van der Waals surface area contributed by atoms with Crippen molar-refractivity contribution in [3.8, 4) is 0 Å². The molecule has 0 bridgehead atoms. The molecule has 4 nitrogen and oxygen atoms in total. The standard InChI is InChI=1S/C12H17FN2O2S/c1-9(8-18-2)6-14-7-10-3-4-12(15(16)17)11(13)5-10/h3-5,9,14H,6-8H2,1-2H3. The van der Waals surface area contributed by atoms with Gasteiger partial charge in [0.05, 0.1) is 4.92 Å². The van der Waals surface area contributed by atoms with Crippen LogP contribution >= 0.6 is 11.8 Å². The van der Waals surface area contributed by atoms with Crippen LogP contribution in [0.5, 0.6) is 0 Å². The monoisotopic (exact) mass is 272 g/mol. The second-order valence-corrected chi connectivity index (χ2v) is 5.14. The molecule has 1 N–H and O–H groups in total. The topological polar surface area (TPSA) is 55.2 Å². The number of thioether (sulfide) groups is 1. The van der Waals surface area contributed by atoms with Crippen LogP contribution in [0.15, 0.2) is 18.2 Å². The molecule has 0 saturated heterocycles. The molecule has 0 aromatic heterocycles. The number of nitrogens with one attached hydrogen (secondary N) is 1. The summed E-state index contributed by atoms with van der Waals surface area (Å²) in [5.74, 6) is 0.834. The van der Waals surface area contributed by atoms with E-state index in [9.17, 15) is 14.5 Å². The van der Waals surface area contributed by atoms with Gasteiger partial charge in [0.2, 0.25) is 5.82 Å². The van der Waals surface area contributed by atoms with Crippen LogP contribution in [0, 0.1) is 21.8 Å². The van der Waals surface area contributed by atoms with Crippen molar-refractivity contribution in [3.05, 3.63) is 39.7 Å². The summed E-state index contributed by atoms with van der Waals surface area (Å²) in [4.78, 5) is 9.74. The van der Waals surface area contributed by atoms with Crippen molar-refractivity contribution in [2.45, 2.75) is 13.5 Å². The van der Waals surface area contributed by atoms with Crippen molar-refractivity contribution in [2.24, 2.45) is 5.92 Å². The number of benzene rings is 1. The Bertz CT molecular complexity index is 415. The molecule has 0 spiro atoms. The Hall–Kier alpha value is -1.14. The molecule has 0 saturated carbocycles. The zero-order valence-electron chi connectivity index (χ0n) is 10.5. The summed E-state index contributed by atoms with van der Waals surface area (Å²) in [6.45, 7) is 3.51. The van der Waals surface area contributed by atoms with Crippen LogP contribution in [-0.2, 0) is 6.54 Å². The fraction of sp³-hybridized carbons (Fsp3) is 0.500. The molecule has 1 aromatic rings. The van der Waals surface area contributed by atoms with E-state index in [1.165, 1.54) is 12.1 Å². The van der Waals surface area contributed by atoms with E-state index in [0.717, 1.165) is 17.9 Å². The molecule has 0 aliphatic carbocycles. The Kier molecular flexibility index (Phi) is 6.07. The number of halogens is 1. The second-order valence-electron chi connectivity index (χ2n) is 4.23. The molecule has 1 aromatic carbocycles. The molecule has 0 amide bonds. The highest BCUT2D eigenvalue weighted by Crippen LogP contribution is 2.17. The van der Waals surface area contributed by atoms with Crippen LogP contribution in [-0.4, -0.2) is 23.5 Å². The highest BCUT2D eigenvalue weighted by Gasteiger charge is 2.13. The first-order chi connectivity index (χ1) is 8.54. The van der Waals surface area contributed by atoms with Crippen LogP contribution in [0.2, 0.25) is 0 Å². The maximum atomic E-state index is 13.3. The summed E-state index contributed by atoms with van der Waals surface area (Å²) >= 11 is 1.79. The largest absolute Gasteiger partial charge is 0.312 e. The van der Waals surface area contributed by atoms with Gasteiger partial charge in [0.25, 0.3) is 0 Å². The minimum absolute atomic E-state index is 0.477. The average molecular weight is 272 g/mol. The third-order valence-electron chi connectivity index (χ3n) is 2.48. The summed E-state index contributed by atoms with van der Waals surface area (Å²) in [6.07, 6.45) is 2.06. The normalized spacial score (nSPS) is 12.4. The summed E-state index contributed by atoms with van der Waals surface area (Å²) in [6, 6.07) is 4.00. The van der Waals surface area contributed by atoms with E-state index in [1.54, 1.807) is 17.8 Å². The van der Waals surface area contributed by atoms with E-state index in [0.29, 0.717) is 12.5 Å². The Morgan fingerprint density at radius 1 is 1.56 bits per heavy atom. The van der Waals surface area contributed by atoms with Crippen molar-refractivity contribution in [2.75, 3.05) is 18.6 Å². The molecule has 0 radical (unpaired) electrons. The molecule has 1 atom stereocenters. The third-order valence-corrected chi connectivity index (χ3v) is 3.38. The lowest BCUT2D eigenvalue weighted by atomic mass is 10.2. The van der Waals surface area contributed by atoms with Crippen LogP contribution in [0.4, 0.5) is 10.1 Å². The fourth-order valence-corrected chi connectivity index (χ4v) is 2.30. The van der Waals surface area contributed by atoms with Gasteiger partial charge in [-0.05, 0) is 36.1 Å². The van der Waals surface area contributed by atoms with E-state index in [4.69, 9.17) is 0 Å². The first-order valence-electron chi connectivity index (χ1n) is 5.67. The van der Waals surface area contributed by atoms with Crippen LogP contribution < -0.4 is 5.32 Å². The molecular formula is C12H17FN2O2S. The lowest BCUT2D eigenvalue weighted by Crippen LogP contribution is -2.22. The number of rotatable bonds is 7. The van der Waals surface area contributed by atoms with Gasteiger partial charge in [-0.15, -0.1) is 0 Å². The highest BCUT2D eigenvalue weighted by atomic mass is 32.2. The zero-order valence-corrected chi connectivity index (χ0v) is 11.3. The summed E-state index contributed by atoms with van der Waals surface area (Å²) in [5.41, 5.74) is 0.240. The van der Waals surface area contributed by atoms with Crippen LogP contribution in [0.3, 0.4) is 0 Å². The average Bonchev–Trinajstić information content (AvgIpc) is 2.29. The van der Waals surface area contributed by atoms with Gasteiger partial charge in [-0.25, -0.2) is 0 Å². The van der Waals surface area contributed by atoms with E-state index < -0.39 is 16.4 Å². The molecule has 0 heterocycles. The molecular weight excluding hydrogens is 255 g/mol. The first-order valence-corrected chi connectivity index (χ1v) is 7.06.